The van der Waals surface area contributed by atoms with E-state index in [2.05, 4.69) is 5.32 Å². The van der Waals surface area contributed by atoms with Crippen molar-refractivity contribution >= 4 is 17.5 Å². The van der Waals surface area contributed by atoms with E-state index in [-0.39, 0.29) is 11.8 Å². The molecule has 0 aromatic carbocycles. The number of rotatable bonds is 3. The van der Waals surface area contributed by atoms with Crippen LogP contribution in [0, 0.1) is 11.8 Å². The monoisotopic (exact) mass is 203 g/mol. The average Bonchev–Trinajstić information content (AvgIpc) is 2.51. The summed E-state index contributed by atoms with van der Waals surface area (Å²) in [6.45, 7) is 3.83. The third-order valence-electron chi connectivity index (χ3n) is 2.71. The van der Waals surface area contributed by atoms with Crippen LogP contribution in [0.3, 0.4) is 0 Å². The number of carbonyl (C=O) groups excluding carboxylic acids is 1. The molecule has 3 heteroatoms. The summed E-state index contributed by atoms with van der Waals surface area (Å²) >= 11 is 5.81. The second-order valence-electron chi connectivity index (χ2n) is 4.12. The van der Waals surface area contributed by atoms with E-state index in [9.17, 15) is 4.79 Å². The van der Waals surface area contributed by atoms with E-state index >= 15 is 0 Å². The van der Waals surface area contributed by atoms with Gasteiger partial charge in [0.2, 0.25) is 5.91 Å². The maximum Gasteiger partial charge on any atom is 0.222 e. The summed E-state index contributed by atoms with van der Waals surface area (Å²) in [4.78, 5) is 11.4. The standard InChI is InChI=1S/C10H18ClNO/c1-7(2)10(13)12-9-5-3-4-8(9)6-11/h7-9H,3-6H2,1-2H3,(H,12,13). The Labute approximate surface area is 85.0 Å². The lowest BCUT2D eigenvalue weighted by molar-refractivity contribution is -0.124. The molecule has 0 aliphatic heterocycles. The predicted molar refractivity (Wildman–Crippen MR) is 54.8 cm³/mol. The first-order valence-electron chi connectivity index (χ1n) is 5.01. The van der Waals surface area contributed by atoms with Crippen LogP contribution in [-0.4, -0.2) is 17.8 Å². The van der Waals surface area contributed by atoms with E-state index in [1.807, 2.05) is 13.8 Å². The van der Waals surface area contributed by atoms with Gasteiger partial charge in [0.1, 0.15) is 0 Å². The van der Waals surface area contributed by atoms with Gasteiger partial charge in [0.25, 0.3) is 0 Å². The first-order chi connectivity index (χ1) is 6.15. The van der Waals surface area contributed by atoms with Crippen LogP contribution >= 0.6 is 11.6 Å². The van der Waals surface area contributed by atoms with Gasteiger partial charge in [-0.05, 0) is 18.8 Å². The van der Waals surface area contributed by atoms with Crippen molar-refractivity contribution in [3.05, 3.63) is 0 Å². The maximum absolute atomic E-state index is 11.4. The Morgan fingerprint density at radius 2 is 2.23 bits per heavy atom. The van der Waals surface area contributed by atoms with Crippen molar-refractivity contribution in [3.63, 3.8) is 0 Å². The molecular formula is C10H18ClNO. The third kappa shape index (κ3) is 2.87. The van der Waals surface area contributed by atoms with Gasteiger partial charge in [-0.3, -0.25) is 4.79 Å². The number of nitrogens with one attached hydrogen (secondary N) is 1. The molecule has 0 aromatic rings. The van der Waals surface area contributed by atoms with Crippen LogP contribution in [0.2, 0.25) is 0 Å². The average molecular weight is 204 g/mol. The van der Waals surface area contributed by atoms with Gasteiger partial charge in [0.15, 0.2) is 0 Å². The van der Waals surface area contributed by atoms with Crippen LogP contribution in [0.1, 0.15) is 33.1 Å². The molecule has 1 saturated carbocycles. The van der Waals surface area contributed by atoms with E-state index < -0.39 is 0 Å². The SMILES string of the molecule is CC(C)C(=O)NC1CCCC1CCl. The van der Waals surface area contributed by atoms with E-state index in [1.165, 1.54) is 6.42 Å². The highest BCUT2D eigenvalue weighted by molar-refractivity contribution is 6.18. The Morgan fingerprint density at radius 1 is 1.54 bits per heavy atom. The van der Waals surface area contributed by atoms with Gasteiger partial charge >= 0.3 is 0 Å². The van der Waals surface area contributed by atoms with Crippen molar-refractivity contribution in [2.24, 2.45) is 11.8 Å². The molecule has 2 atom stereocenters. The molecular weight excluding hydrogens is 186 g/mol. The lowest BCUT2D eigenvalue weighted by Gasteiger charge is -2.19. The number of alkyl halides is 1. The molecule has 0 heterocycles. The van der Waals surface area contributed by atoms with Crippen LogP contribution in [-0.2, 0) is 4.79 Å². The van der Waals surface area contributed by atoms with Gasteiger partial charge in [-0.15, -0.1) is 11.6 Å². The van der Waals surface area contributed by atoms with Crippen LogP contribution in [0.15, 0.2) is 0 Å². The number of carbonyl (C=O) groups is 1. The molecule has 0 saturated heterocycles. The van der Waals surface area contributed by atoms with Gasteiger partial charge in [-0.1, -0.05) is 20.3 Å². The minimum absolute atomic E-state index is 0.0802. The fraction of sp³-hybridized carbons (Fsp3) is 0.900. The van der Waals surface area contributed by atoms with E-state index in [0.717, 1.165) is 12.8 Å². The topological polar surface area (TPSA) is 29.1 Å². The maximum atomic E-state index is 11.4. The van der Waals surface area contributed by atoms with Crippen molar-refractivity contribution in [1.82, 2.24) is 5.32 Å². The molecule has 13 heavy (non-hydrogen) atoms. The van der Waals surface area contributed by atoms with Gasteiger partial charge in [-0.2, -0.15) is 0 Å². The number of amides is 1. The zero-order valence-electron chi connectivity index (χ0n) is 8.35. The molecule has 1 rings (SSSR count). The molecule has 1 aliphatic carbocycles. The lowest BCUT2D eigenvalue weighted by atomic mass is 10.1. The first kappa shape index (κ1) is 10.8. The van der Waals surface area contributed by atoms with Crippen molar-refractivity contribution in [1.29, 1.82) is 0 Å². The zero-order chi connectivity index (χ0) is 9.84. The van der Waals surface area contributed by atoms with Crippen LogP contribution < -0.4 is 5.32 Å². The quantitative estimate of drug-likeness (QED) is 0.700. The Bertz CT molecular complexity index is 182. The fourth-order valence-electron chi connectivity index (χ4n) is 1.76. The molecule has 2 unspecified atom stereocenters. The molecule has 2 nitrogen and oxygen atoms in total. The number of halogens is 1. The largest absolute Gasteiger partial charge is 0.353 e. The second kappa shape index (κ2) is 4.85. The fourth-order valence-corrected chi connectivity index (χ4v) is 2.13. The predicted octanol–water partition coefficient (Wildman–Crippen LogP) is 2.17. The lowest BCUT2D eigenvalue weighted by Crippen LogP contribution is -2.40. The van der Waals surface area contributed by atoms with Crippen LogP contribution in [0.5, 0.6) is 0 Å². The molecule has 0 bridgehead atoms. The molecule has 1 amide bonds. The molecule has 0 radical (unpaired) electrons. The van der Waals surface area contributed by atoms with E-state index in [0.29, 0.717) is 17.8 Å². The molecule has 76 valence electrons. The summed E-state index contributed by atoms with van der Waals surface area (Å²) < 4.78 is 0. The number of hydrogen-bond acceptors (Lipinski definition) is 1. The summed E-state index contributed by atoms with van der Waals surface area (Å²) in [6, 6.07) is 0.326. The normalized spacial score (nSPS) is 28.0. The van der Waals surface area contributed by atoms with Gasteiger partial charge in [-0.25, -0.2) is 0 Å². The van der Waals surface area contributed by atoms with Gasteiger partial charge in [0.05, 0.1) is 0 Å². The minimum Gasteiger partial charge on any atom is -0.353 e. The first-order valence-corrected chi connectivity index (χ1v) is 5.55. The van der Waals surface area contributed by atoms with Crippen LogP contribution in [0.4, 0.5) is 0 Å². The van der Waals surface area contributed by atoms with Gasteiger partial charge in [0, 0.05) is 17.8 Å². The molecule has 0 aromatic heterocycles. The Kier molecular flexibility index (Phi) is 4.04. The molecule has 1 fully saturated rings. The summed E-state index contributed by atoms with van der Waals surface area (Å²) in [6.07, 6.45) is 3.45. The van der Waals surface area contributed by atoms with Crippen molar-refractivity contribution in [2.45, 2.75) is 39.2 Å². The highest BCUT2D eigenvalue weighted by Crippen LogP contribution is 2.26. The summed E-state index contributed by atoms with van der Waals surface area (Å²) in [5.41, 5.74) is 0. The third-order valence-corrected chi connectivity index (χ3v) is 3.11. The van der Waals surface area contributed by atoms with Gasteiger partial charge < -0.3 is 5.32 Å². The minimum atomic E-state index is 0.0802. The highest BCUT2D eigenvalue weighted by atomic mass is 35.5. The Hall–Kier alpha value is -0.240. The van der Waals surface area contributed by atoms with Crippen LogP contribution in [0.25, 0.3) is 0 Å². The summed E-state index contributed by atoms with van der Waals surface area (Å²) in [5.74, 6) is 1.39. The summed E-state index contributed by atoms with van der Waals surface area (Å²) in [5, 5.41) is 3.06. The Balaban J connectivity index is 2.39. The van der Waals surface area contributed by atoms with Crippen molar-refractivity contribution in [2.75, 3.05) is 5.88 Å². The smallest absolute Gasteiger partial charge is 0.222 e. The Morgan fingerprint density at radius 3 is 2.77 bits per heavy atom. The second-order valence-corrected chi connectivity index (χ2v) is 4.42. The summed E-state index contributed by atoms with van der Waals surface area (Å²) in [7, 11) is 0. The molecule has 1 aliphatic rings. The molecule has 0 spiro atoms. The van der Waals surface area contributed by atoms with Crippen molar-refractivity contribution in [3.8, 4) is 0 Å². The van der Waals surface area contributed by atoms with E-state index in [4.69, 9.17) is 11.6 Å². The number of hydrogen-bond donors (Lipinski definition) is 1. The van der Waals surface area contributed by atoms with Crippen molar-refractivity contribution < 1.29 is 4.79 Å². The highest BCUT2D eigenvalue weighted by Gasteiger charge is 2.27. The zero-order valence-corrected chi connectivity index (χ0v) is 9.10. The molecule has 1 N–H and O–H groups in total. The van der Waals surface area contributed by atoms with E-state index in [1.54, 1.807) is 0 Å².